The fraction of sp³-hybridized carbons (Fsp3) is 1.00. The Balaban J connectivity index is 0.000000354. The minimum Gasteiger partial charge on any atom is -0.301 e. The fourth-order valence-corrected chi connectivity index (χ4v) is 1.47. The topological polar surface area (TPSA) is 3.24 Å². The van der Waals surface area contributed by atoms with Crippen LogP contribution in [0.5, 0.6) is 0 Å². The van der Waals surface area contributed by atoms with Crippen LogP contribution in [0.15, 0.2) is 0 Å². The summed E-state index contributed by atoms with van der Waals surface area (Å²) in [7, 11) is 1.99. The number of halogens is 1. The molecule has 74 valence electrons. The van der Waals surface area contributed by atoms with E-state index in [-0.39, 0.29) is 12.7 Å². The molecule has 12 heavy (non-hydrogen) atoms. The van der Waals surface area contributed by atoms with Crippen molar-refractivity contribution in [3.8, 4) is 0 Å². The Morgan fingerprint density at radius 3 is 2.08 bits per heavy atom. The lowest BCUT2D eigenvalue weighted by molar-refractivity contribution is 0.227. The molecular formula is C10H22FN. The predicted molar refractivity (Wildman–Crippen MR) is 52.1 cm³/mol. The van der Waals surface area contributed by atoms with Gasteiger partial charge in [0.1, 0.15) is 6.67 Å². The van der Waals surface area contributed by atoms with Gasteiger partial charge in [0.05, 0.1) is 0 Å². The molecule has 2 atom stereocenters. The molecule has 0 aromatic carbocycles. The van der Waals surface area contributed by atoms with Crippen molar-refractivity contribution in [3.05, 3.63) is 0 Å². The second-order valence-corrected chi connectivity index (χ2v) is 3.68. The molecule has 1 aliphatic rings. The van der Waals surface area contributed by atoms with E-state index in [1.54, 1.807) is 0 Å². The molecule has 2 heteroatoms. The van der Waals surface area contributed by atoms with Crippen molar-refractivity contribution in [2.45, 2.75) is 39.7 Å². The third-order valence-corrected chi connectivity index (χ3v) is 2.32. The largest absolute Gasteiger partial charge is 0.301 e. The van der Waals surface area contributed by atoms with Crippen molar-refractivity contribution < 1.29 is 4.39 Å². The number of nitrogens with zero attached hydrogens (tertiary/aromatic N) is 1. The van der Waals surface area contributed by atoms with Crippen LogP contribution in [-0.4, -0.2) is 31.2 Å². The minimum absolute atomic E-state index is 0.183. The molecule has 0 aromatic rings. The molecule has 0 N–H and O–H groups in total. The van der Waals surface area contributed by atoms with Crippen molar-refractivity contribution in [2.75, 3.05) is 20.3 Å². The summed E-state index contributed by atoms with van der Waals surface area (Å²) in [6.45, 7) is 7.25. The van der Waals surface area contributed by atoms with Gasteiger partial charge in [-0.25, -0.2) is 4.39 Å². The second-order valence-electron chi connectivity index (χ2n) is 3.68. The maximum atomic E-state index is 12.2. The van der Waals surface area contributed by atoms with Gasteiger partial charge in [-0.3, -0.25) is 0 Å². The molecule has 1 nitrogen and oxygen atoms in total. The van der Waals surface area contributed by atoms with E-state index in [0.717, 1.165) is 13.0 Å². The maximum absolute atomic E-state index is 12.2. The van der Waals surface area contributed by atoms with Gasteiger partial charge in [-0.2, -0.15) is 0 Å². The Kier molecular flexibility index (Phi) is 6.35. The molecule has 1 heterocycles. The quantitative estimate of drug-likeness (QED) is 0.592. The first kappa shape index (κ1) is 11.9. The number of likely N-dealkylation sites (tertiary alicyclic amines) is 1. The Labute approximate surface area is 75.9 Å². The molecule has 0 aliphatic carbocycles. The zero-order valence-corrected chi connectivity index (χ0v) is 8.81. The van der Waals surface area contributed by atoms with E-state index in [1.807, 2.05) is 7.05 Å². The van der Waals surface area contributed by atoms with Gasteiger partial charge in [0.15, 0.2) is 0 Å². The molecule has 0 amide bonds. The SMILES string of the molecule is CC1CCN(C)C1CF.CCC. The first-order valence-corrected chi connectivity index (χ1v) is 4.93. The highest BCUT2D eigenvalue weighted by Crippen LogP contribution is 2.21. The Bertz CT molecular complexity index is 96.0. The molecule has 0 saturated carbocycles. The average molecular weight is 175 g/mol. The minimum atomic E-state index is -0.183. The van der Waals surface area contributed by atoms with Gasteiger partial charge in [-0.15, -0.1) is 0 Å². The van der Waals surface area contributed by atoms with Crippen LogP contribution >= 0.6 is 0 Å². The van der Waals surface area contributed by atoms with Gasteiger partial charge >= 0.3 is 0 Å². The highest BCUT2D eigenvalue weighted by atomic mass is 19.1. The summed E-state index contributed by atoms with van der Waals surface area (Å²) in [6, 6.07) is 0.199. The smallest absolute Gasteiger partial charge is 0.105 e. The lowest BCUT2D eigenvalue weighted by Gasteiger charge is -2.18. The van der Waals surface area contributed by atoms with Crippen LogP contribution in [0.2, 0.25) is 0 Å². The van der Waals surface area contributed by atoms with Crippen LogP contribution in [0.1, 0.15) is 33.6 Å². The van der Waals surface area contributed by atoms with Gasteiger partial charge in [0.2, 0.25) is 0 Å². The number of hydrogen-bond donors (Lipinski definition) is 0. The molecule has 0 bridgehead atoms. The summed E-state index contributed by atoms with van der Waals surface area (Å²) in [5.41, 5.74) is 0. The van der Waals surface area contributed by atoms with Gasteiger partial charge in [-0.05, 0) is 25.9 Å². The summed E-state index contributed by atoms with van der Waals surface area (Å²) >= 11 is 0. The Morgan fingerprint density at radius 1 is 1.42 bits per heavy atom. The van der Waals surface area contributed by atoms with E-state index in [0.29, 0.717) is 5.92 Å². The van der Waals surface area contributed by atoms with Crippen LogP contribution in [0.25, 0.3) is 0 Å². The summed E-state index contributed by atoms with van der Waals surface area (Å²) in [5.74, 6) is 0.556. The highest BCUT2D eigenvalue weighted by molar-refractivity contribution is 4.81. The van der Waals surface area contributed by atoms with E-state index in [1.165, 1.54) is 6.42 Å². The standard InChI is InChI=1S/C7H14FN.C3H8/c1-6-3-4-9(2)7(6)5-8;1-3-2/h6-7H,3-5H2,1-2H3;3H2,1-2H3. The molecule has 2 unspecified atom stereocenters. The van der Waals surface area contributed by atoms with E-state index >= 15 is 0 Å². The monoisotopic (exact) mass is 175 g/mol. The Morgan fingerprint density at radius 2 is 1.92 bits per heavy atom. The van der Waals surface area contributed by atoms with Crippen molar-refractivity contribution in [1.82, 2.24) is 4.90 Å². The number of rotatable bonds is 1. The van der Waals surface area contributed by atoms with Crippen LogP contribution in [-0.2, 0) is 0 Å². The van der Waals surface area contributed by atoms with Crippen molar-refractivity contribution in [1.29, 1.82) is 0 Å². The third-order valence-electron chi connectivity index (χ3n) is 2.32. The van der Waals surface area contributed by atoms with Crippen molar-refractivity contribution >= 4 is 0 Å². The van der Waals surface area contributed by atoms with Gasteiger partial charge in [0.25, 0.3) is 0 Å². The Hall–Kier alpha value is -0.110. The van der Waals surface area contributed by atoms with Crippen molar-refractivity contribution in [2.24, 2.45) is 5.92 Å². The molecule has 0 aromatic heterocycles. The highest BCUT2D eigenvalue weighted by Gasteiger charge is 2.27. The molecular weight excluding hydrogens is 153 g/mol. The maximum Gasteiger partial charge on any atom is 0.105 e. The number of hydrogen-bond acceptors (Lipinski definition) is 1. The van der Waals surface area contributed by atoms with Crippen LogP contribution < -0.4 is 0 Å². The molecule has 0 spiro atoms. The van der Waals surface area contributed by atoms with Gasteiger partial charge < -0.3 is 4.90 Å². The van der Waals surface area contributed by atoms with E-state index in [4.69, 9.17) is 0 Å². The first-order chi connectivity index (χ1) is 5.67. The molecule has 1 fully saturated rings. The van der Waals surface area contributed by atoms with Crippen LogP contribution in [0, 0.1) is 5.92 Å². The summed E-state index contributed by atoms with van der Waals surface area (Å²) in [6.07, 6.45) is 2.41. The molecule has 1 aliphatic heterocycles. The van der Waals surface area contributed by atoms with Gasteiger partial charge in [-0.1, -0.05) is 27.2 Å². The lowest BCUT2D eigenvalue weighted by Crippen LogP contribution is -2.30. The normalized spacial score (nSPS) is 29.8. The third kappa shape index (κ3) is 3.53. The number of alkyl halides is 1. The fourth-order valence-electron chi connectivity index (χ4n) is 1.47. The first-order valence-electron chi connectivity index (χ1n) is 4.93. The summed E-state index contributed by atoms with van der Waals surface area (Å²) in [4.78, 5) is 2.10. The van der Waals surface area contributed by atoms with Crippen molar-refractivity contribution in [3.63, 3.8) is 0 Å². The predicted octanol–water partition coefficient (Wildman–Crippen LogP) is 2.71. The zero-order valence-electron chi connectivity index (χ0n) is 8.81. The summed E-state index contributed by atoms with van der Waals surface area (Å²) < 4.78 is 12.2. The molecule has 0 radical (unpaired) electrons. The van der Waals surface area contributed by atoms with Crippen LogP contribution in [0.3, 0.4) is 0 Å². The molecule has 1 saturated heterocycles. The second kappa shape index (κ2) is 6.41. The van der Waals surface area contributed by atoms with E-state index in [2.05, 4.69) is 25.7 Å². The van der Waals surface area contributed by atoms with Gasteiger partial charge in [0, 0.05) is 6.04 Å². The van der Waals surface area contributed by atoms with E-state index < -0.39 is 0 Å². The zero-order chi connectivity index (χ0) is 9.56. The van der Waals surface area contributed by atoms with Crippen LogP contribution in [0.4, 0.5) is 4.39 Å². The summed E-state index contributed by atoms with van der Waals surface area (Å²) in [5, 5.41) is 0. The molecule has 1 rings (SSSR count). The lowest BCUT2D eigenvalue weighted by atomic mass is 10.0. The average Bonchev–Trinajstić information content (AvgIpc) is 2.33. The van der Waals surface area contributed by atoms with E-state index in [9.17, 15) is 4.39 Å².